The number of carbonyl (C=O) groups is 1. The van der Waals surface area contributed by atoms with Crippen LogP contribution in [0.15, 0.2) is 48.8 Å². The maximum Gasteiger partial charge on any atom is 0.240 e. The maximum absolute atomic E-state index is 12.5. The molecule has 4 heteroatoms. The van der Waals surface area contributed by atoms with Crippen molar-refractivity contribution in [1.82, 2.24) is 15.6 Å². The molecule has 1 fully saturated rings. The number of likely N-dealkylation sites (N-methyl/N-ethyl adjacent to an activating group) is 1. The van der Waals surface area contributed by atoms with Crippen LogP contribution in [0.2, 0.25) is 0 Å². The van der Waals surface area contributed by atoms with Gasteiger partial charge in [0, 0.05) is 18.9 Å². The molecule has 0 spiro atoms. The molecule has 0 bridgehead atoms. The first kappa shape index (κ1) is 15.7. The van der Waals surface area contributed by atoms with E-state index in [9.17, 15) is 4.79 Å². The molecule has 4 nitrogen and oxygen atoms in total. The molecule has 1 saturated heterocycles. The summed E-state index contributed by atoms with van der Waals surface area (Å²) in [6.07, 6.45) is 6.31. The van der Waals surface area contributed by atoms with Gasteiger partial charge in [-0.15, -0.1) is 0 Å². The van der Waals surface area contributed by atoms with Crippen molar-refractivity contribution in [2.45, 2.75) is 31.7 Å². The second kappa shape index (κ2) is 6.92. The molecular formula is C19H23N3O. The summed E-state index contributed by atoms with van der Waals surface area (Å²) in [6.45, 7) is 3.54. The van der Waals surface area contributed by atoms with E-state index in [0.29, 0.717) is 6.54 Å². The molecule has 0 saturated carbocycles. The lowest BCUT2D eigenvalue weighted by Gasteiger charge is -2.28. The van der Waals surface area contributed by atoms with E-state index in [-0.39, 0.29) is 5.91 Å². The molecule has 2 N–H and O–H groups in total. The summed E-state index contributed by atoms with van der Waals surface area (Å²) in [7, 11) is 0. The number of aromatic nitrogens is 1. The van der Waals surface area contributed by atoms with Gasteiger partial charge in [0.2, 0.25) is 5.91 Å². The van der Waals surface area contributed by atoms with Gasteiger partial charge in [-0.25, -0.2) is 0 Å². The highest BCUT2D eigenvalue weighted by Gasteiger charge is 2.40. The summed E-state index contributed by atoms with van der Waals surface area (Å²) in [5, 5.41) is 6.40. The first-order chi connectivity index (χ1) is 11.2. The topological polar surface area (TPSA) is 54.0 Å². The average Bonchev–Trinajstić information content (AvgIpc) is 3.06. The van der Waals surface area contributed by atoms with E-state index in [0.717, 1.165) is 36.9 Å². The zero-order chi connectivity index (χ0) is 16.1. The second-order valence-corrected chi connectivity index (χ2v) is 6.09. The molecular weight excluding hydrogens is 286 g/mol. The van der Waals surface area contributed by atoms with E-state index in [4.69, 9.17) is 0 Å². The van der Waals surface area contributed by atoms with Crippen molar-refractivity contribution in [2.24, 2.45) is 0 Å². The maximum atomic E-state index is 12.5. The first-order valence-corrected chi connectivity index (χ1v) is 8.26. The fourth-order valence-corrected chi connectivity index (χ4v) is 3.26. The number of amides is 1. The monoisotopic (exact) mass is 309 g/mol. The number of pyridine rings is 1. The van der Waals surface area contributed by atoms with Gasteiger partial charge in [-0.1, -0.05) is 30.3 Å². The van der Waals surface area contributed by atoms with Crippen molar-refractivity contribution >= 4 is 5.91 Å². The molecule has 2 heterocycles. The molecule has 1 unspecified atom stereocenters. The van der Waals surface area contributed by atoms with E-state index < -0.39 is 5.54 Å². The largest absolute Gasteiger partial charge is 0.355 e. The van der Waals surface area contributed by atoms with Gasteiger partial charge in [-0.2, -0.15) is 0 Å². The van der Waals surface area contributed by atoms with Crippen LogP contribution in [0.4, 0.5) is 0 Å². The van der Waals surface area contributed by atoms with Crippen LogP contribution in [0.5, 0.6) is 0 Å². The van der Waals surface area contributed by atoms with Crippen LogP contribution < -0.4 is 10.6 Å². The molecule has 2 aromatic rings. The van der Waals surface area contributed by atoms with Gasteiger partial charge in [0.1, 0.15) is 5.54 Å². The van der Waals surface area contributed by atoms with Crippen molar-refractivity contribution in [2.75, 3.05) is 13.1 Å². The molecule has 1 amide bonds. The second-order valence-electron chi connectivity index (χ2n) is 6.09. The zero-order valence-corrected chi connectivity index (χ0v) is 13.5. The summed E-state index contributed by atoms with van der Waals surface area (Å²) < 4.78 is 0. The number of benzene rings is 1. The van der Waals surface area contributed by atoms with Crippen LogP contribution in [0.25, 0.3) is 11.1 Å². The quantitative estimate of drug-likeness (QED) is 0.892. The standard InChI is InChI=1S/C19H23N3O/c1-2-21-18(23)19(10-4-12-22-19)13-15-6-8-16(9-7-15)17-5-3-11-20-14-17/h3,5-9,11,14,22H,2,4,10,12-13H2,1H3,(H,21,23). The van der Waals surface area contributed by atoms with Gasteiger partial charge < -0.3 is 10.6 Å². The molecule has 0 aliphatic carbocycles. The fraction of sp³-hybridized carbons (Fsp3) is 0.368. The molecule has 3 rings (SSSR count). The van der Waals surface area contributed by atoms with Crippen molar-refractivity contribution in [3.05, 3.63) is 54.4 Å². The highest BCUT2D eigenvalue weighted by molar-refractivity contribution is 5.87. The van der Waals surface area contributed by atoms with Gasteiger partial charge >= 0.3 is 0 Å². The summed E-state index contributed by atoms with van der Waals surface area (Å²) in [6, 6.07) is 12.4. The third-order valence-electron chi connectivity index (χ3n) is 4.47. The van der Waals surface area contributed by atoms with Crippen LogP contribution >= 0.6 is 0 Å². The van der Waals surface area contributed by atoms with E-state index in [2.05, 4.69) is 45.9 Å². The highest BCUT2D eigenvalue weighted by Crippen LogP contribution is 2.26. The fourth-order valence-electron chi connectivity index (χ4n) is 3.26. The molecule has 1 aliphatic rings. The predicted molar refractivity (Wildman–Crippen MR) is 92.0 cm³/mol. The van der Waals surface area contributed by atoms with Crippen molar-refractivity contribution in [3.8, 4) is 11.1 Å². The lowest BCUT2D eigenvalue weighted by Crippen LogP contribution is -2.55. The number of nitrogens with zero attached hydrogens (tertiary/aromatic N) is 1. The van der Waals surface area contributed by atoms with E-state index in [1.54, 1.807) is 6.20 Å². The van der Waals surface area contributed by atoms with Gasteiger partial charge in [-0.3, -0.25) is 9.78 Å². The Morgan fingerprint density at radius 3 is 2.70 bits per heavy atom. The van der Waals surface area contributed by atoms with Crippen LogP contribution in [0.1, 0.15) is 25.3 Å². The number of nitrogens with one attached hydrogen (secondary N) is 2. The van der Waals surface area contributed by atoms with Crippen LogP contribution in [0.3, 0.4) is 0 Å². The molecule has 1 aromatic heterocycles. The zero-order valence-electron chi connectivity index (χ0n) is 13.5. The molecule has 1 aromatic carbocycles. The Morgan fingerprint density at radius 2 is 2.09 bits per heavy atom. The summed E-state index contributed by atoms with van der Waals surface area (Å²) >= 11 is 0. The Hall–Kier alpha value is -2.20. The number of carbonyl (C=O) groups excluding carboxylic acids is 1. The minimum absolute atomic E-state index is 0.119. The Kier molecular flexibility index (Phi) is 4.72. The van der Waals surface area contributed by atoms with E-state index in [1.165, 1.54) is 5.56 Å². The molecule has 1 aliphatic heterocycles. The average molecular weight is 309 g/mol. The van der Waals surface area contributed by atoms with Gasteiger partial charge in [-0.05, 0) is 55.5 Å². The Labute approximate surface area is 137 Å². The molecule has 23 heavy (non-hydrogen) atoms. The summed E-state index contributed by atoms with van der Waals surface area (Å²) in [5.41, 5.74) is 2.98. The summed E-state index contributed by atoms with van der Waals surface area (Å²) in [4.78, 5) is 16.6. The number of hydrogen-bond acceptors (Lipinski definition) is 3. The number of rotatable bonds is 5. The highest BCUT2D eigenvalue weighted by atomic mass is 16.2. The lowest BCUT2D eigenvalue weighted by atomic mass is 9.87. The Morgan fingerprint density at radius 1 is 1.26 bits per heavy atom. The third kappa shape index (κ3) is 3.42. The normalized spacial score (nSPS) is 20.4. The number of hydrogen-bond donors (Lipinski definition) is 2. The Bertz CT molecular complexity index is 646. The van der Waals surface area contributed by atoms with Crippen molar-refractivity contribution in [3.63, 3.8) is 0 Å². The SMILES string of the molecule is CCNC(=O)C1(Cc2ccc(-c3cccnc3)cc2)CCCN1. The Balaban J connectivity index is 1.78. The van der Waals surface area contributed by atoms with Crippen LogP contribution in [-0.2, 0) is 11.2 Å². The van der Waals surface area contributed by atoms with E-state index >= 15 is 0 Å². The molecule has 1 atom stereocenters. The van der Waals surface area contributed by atoms with Crippen LogP contribution in [0, 0.1) is 0 Å². The van der Waals surface area contributed by atoms with Crippen molar-refractivity contribution < 1.29 is 4.79 Å². The van der Waals surface area contributed by atoms with Gasteiger partial charge in [0.05, 0.1) is 0 Å². The predicted octanol–water partition coefficient (Wildman–Crippen LogP) is 2.55. The molecule has 120 valence electrons. The third-order valence-corrected chi connectivity index (χ3v) is 4.47. The van der Waals surface area contributed by atoms with E-state index in [1.807, 2.05) is 19.2 Å². The van der Waals surface area contributed by atoms with Gasteiger partial charge in [0.25, 0.3) is 0 Å². The van der Waals surface area contributed by atoms with Crippen molar-refractivity contribution in [1.29, 1.82) is 0 Å². The minimum atomic E-state index is -0.453. The van der Waals surface area contributed by atoms with Crippen LogP contribution in [-0.4, -0.2) is 29.5 Å². The smallest absolute Gasteiger partial charge is 0.240 e. The van der Waals surface area contributed by atoms with Gasteiger partial charge in [0.15, 0.2) is 0 Å². The lowest BCUT2D eigenvalue weighted by molar-refractivity contribution is -0.127. The first-order valence-electron chi connectivity index (χ1n) is 8.26. The molecule has 0 radical (unpaired) electrons. The summed E-state index contributed by atoms with van der Waals surface area (Å²) in [5.74, 6) is 0.119. The minimum Gasteiger partial charge on any atom is -0.355 e.